The van der Waals surface area contributed by atoms with Crippen LogP contribution in [0.15, 0.2) is 474 Å². The largest absolute Gasteiger partial charge is 0.512 e. The molecule has 4 radical (unpaired) electrons. The molecule has 20 rings (SSSR count). The zero-order valence-corrected chi connectivity index (χ0v) is 78.9. The summed E-state index contributed by atoms with van der Waals surface area (Å²) in [5.41, 5.74) is 24.3. The molecule has 0 amide bonds. The second kappa shape index (κ2) is 53.4. The number of carbonyl (C=O) groups is 1. The standard InChI is InChI=1S/4C17H12N.2C15H10N.C11H8N.C5H8O2.4Ir/c4*1-3-7-14(8-4-1)16-11-12-17(18-13-16)15-9-5-2-6-10-15;1-2-7-13(8-3-1)15-14-9-5-4-6-12(14)10-11-16-15;1-2-6-12(7-3-1)15-11-10-13-8-4-5-9-14(13)16-15;1-2-6-10(7-3-1)11-8-4-5-9-12-11;1-4(6)3-5(2)7;;;;/h4*1-9,11-13H;1-7,9-11H;1-6,8-11H;1-6,8-9H;3,6H,1-2H3;;;;/q7*-1;;;;;. The minimum Gasteiger partial charge on any atom is -0.512 e. The second-order valence-corrected chi connectivity index (χ2v) is 27.5. The smallest absolute Gasteiger partial charge is 0.155 e. The van der Waals surface area contributed by atoms with Gasteiger partial charge in [0.2, 0.25) is 0 Å². The molecule has 0 spiro atoms. The van der Waals surface area contributed by atoms with E-state index in [2.05, 4.69) is 174 Å². The van der Waals surface area contributed by atoms with Gasteiger partial charge in [-0.25, -0.2) is 0 Å². The molecule has 9 nitrogen and oxygen atoms in total. The van der Waals surface area contributed by atoms with E-state index in [4.69, 9.17) is 5.11 Å². The van der Waals surface area contributed by atoms with Crippen LogP contribution < -0.4 is 0 Å². The summed E-state index contributed by atoms with van der Waals surface area (Å²) in [5.74, 6) is -0.0625. The summed E-state index contributed by atoms with van der Waals surface area (Å²) in [7, 11) is 0. The normalized spacial score (nSPS) is 9.98. The van der Waals surface area contributed by atoms with Gasteiger partial charge in [-0.15, -0.1) is 251 Å². The predicted octanol–water partition coefficient (Wildman–Crippen LogP) is 27.8. The molecule has 7 aromatic heterocycles. The van der Waals surface area contributed by atoms with E-state index in [1.165, 1.54) is 58.3 Å². The summed E-state index contributed by atoms with van der Waals surface area (Å²) in [6.07, 6.45) is 12.4. The van der Waals surface area contributed by atoms with Gasteiger partial charge < -0.3 is 35.0 Å². The van der Waals surface area contributed by atoms with Gasteiger partial charge in [0, 0.05) is 124 Å². The van der Waals surface area contributed by atoms with Crippen molar-refractivity contribution in [2.24, 2.45) is 0 Å². The topological polar surface area (TPSA) is 128 Å². The van der Waals surface area contributed by atoms with Gasteiger partial charge in [0.25, 0.3) is 0 Å². The van der Waals surface area contributed by atoms with Gasteiger partial charge in [0.1, 0.15) is 0 Å². The van der Waals surface area contributed by atoms with Gasteiger partial charge in [-0.05, 0) is 133 Å². The Labute approximate surface area is 798 Å². The maximum absolute atomic E-state index is 10.0. The minimum atomic E-state index is -0.125. The molecule has 0 atom stereocenters. The zero-order chi connectivity index (χ0) is 84.5. The number of benzene rings is 13. The Kier molecular flexibility index (Phi) is 40.8. The van der Waals surface area contributed by atoms with Crippen molar-refractivity contribution in [3.05, 3.63) is 516 Å². The van der Waals surface area contributed by atoms with Crippen LogP contribution in [0.2, 0.25) is 0 Å². The number of nitrogens with zero attached hydrogens (tertiary/aromatic N) is 7. The molecular formula is C114H84Ir4N7O2-7. The van der Waals surface area contributed by atoms with Gasteiger partial charge in [0.05, 0.1) is 11.3 Å². The van der Waals surface area contributed by atoms with Crippen molar-refractivity contribution in [2.75, 3.05) is 0 Å². The van der Waals surface area contributed by atoms with E-state index >= 15 is 0 Å². The molecule has 7 heterocycles. The van der Waals surface area contributed by atoms with E-state index in [9.17, 15) is 4.79 Å². The number of fused-ring (bicyclic) bond motifs is 2. The third-order valence-electron chi connectivity index (χ3n) is 18.7. The number of aliphatic hydroxyl groups excluding tert-OH is 1. The number of allylic oxidation sites excluding steroid dienone is 2. The zero-order valence-electron chi connectivity index (χ0n) is 69.3. The van der Waals surface area contributed by atoms with E-state index in [0.717, 1.165) is 107 Å². The van der Waals surface area contributed by atoms with Crippen LogP contribution in [0, 0.1) is 42.5 Å². The number of pyridine rings is 7. The number of rotatable bonds is 12. The van der Waals surface area contributed by atoms with E-state index in [1.54, 1.807) is 6.20 Å². The second-order valence-electron chi connectivity index (χ2n) is 27.5. The number of carbonyl (C=O) groups excluding carboxylic acids is 1. The van der Waals surface area contributed by atoms with E-state index in [1.807, 2.05) is 359 Å². The van der Waals surface area contributed by atoms with Gasteiger partial charge in [-0.3, -0.25) is 9.78 Å². The Hall–Kier alpha value is -13.8. The molecule has 1 N–H and O–H groups in total. The molecule has 0 bridgehead atoms. The molecule has 0 saturated carbocycles. The maximum atomic E-state index is 10.0. The van der Waals surface area contributed by atoms with Crippen LogP contribution in [0.25, 0.3) is 145 Å². The summed E-state index contributed by atoms with van der Waals surface area (Å²) < 4.78 is 0. The van der Waals surface area contributed by atoms with Gasteiger partial charge in [-0.1, -0.05) is 237 Å². The number of para-hydroxylation sites is 1. The van der Waals surface area contributed by atoms with Gasteiger partial charge in [0.15, 0.2) is 5.78 Å². The maximum Gasteiger partial charge on any atom is 0.155 e. The number of ketones is 1. The van der Waals surface area contributed by atoms with Crippen LogP contribution in [-0.4, -0.2) is 45.8 Å². The first kappa shape index (κ1) is 97.0. The predicted molar refractivity (Wildman–Crippen MR) is 503 cm³/mol. The molecule has 20 aromatic rings. The summed E-state index contributed by atoms with van der Waals surface area (Å²) in [6.45, 7) is 2.85. The quantitative estimate of drug-likeness (QED) is 0.0722. The van der Waals surface area contributed by atoms with Crippen LogP contribution >= 0.6 is 0 Å². The number of aromatic nitrogens is 7. The Morgan fingerprint density at radius 2 is 0.535 bits per heavy atom. The Morgan fingerprint density at radius 3 is 0.835 bits per heavy atom. The van der Waals surface area contributed by atoms with Crippen molar-refractivity contribution < 1.29 is 90.3 Å². The van der Waals surface area contributed by atoms with Crippen LogP contribution in [-0.2, 0) is 85.2 Å². The van der Waals surface area contributed by atoms with E-state index in [-0.39, 0.29) is 92.0 Å². The third kappa shape index (κ3) is 30.6. The fourth-order valence-corrected chi connectivity index (χ4v) is 12.6. The Bertz CT molecular complexity index is 5750. The van der Waals surface area contributed by atoms with E-state index < -0.39 is 0 Å². The monoisotopic (exact) mass is 2350 g/mol. The third-order valence-corrected chi connectivity index (χ3v) is 18.7. The first-order chi connectivity index (χ1) is 60.7. The van der Waals surface area contributed by atoms with Gasteiger partial charge in [-0.2, -0.15) is 0 Å². The van der Waals surface area contributed by atoms with Crippen LogP contribution in [0.5, 0.6) is 0 Å². The van der Waals surface area contributed by atoms with Crippen LogP contribution in [0.4, 0.5) is 0 Å². The molecule has 127 heavy (non-hydrogen) atoms. The van der Waals surface area contributed by atoms with Crippen molar-refractivity contribution in [1.82, 2.24) is 34.9 Å². The molecule has 13 heteroatoms. The summed E-state index contributed by atoms with van der Waals surface area (Å²) in [5, 5.41) is 11.9. The van der Waals surface area contributed by atoms with Crippen molar-refractivity contribution >= 4 is 27.5 Å². The fraction of sp³-hybridized carbons (Fsp3) is 0.0175. The average Bonchev–Trinajstić information content (AvgIpc) is 0.805. The molecule has 0 aliphatic carbocycles. The molecule has 0 fully saturated rings. The number of aliphatic hydroxyl groups is 1. The molecule has 0 unspecified atom stereocenters. The van der Waals surface area contributed by atoms with Crippen molar-refractivity contribution in [2.45, 2.75) is 13.8 Å². The summed E-state index contributed by atoms with van der Waals surface area (Å²) in [4.78, 5) is 41.3. The summed E-state index contributed by atoms with van der Waals surface area (Å²) in [6, 6.07) is 163. The van der Waals surface area contributed by atoms with Crippen LogP contribution in [0.3, 0.4) is 0 Å². The van der Waals surface area contributed by atoms with Crippen molar-refractivity contribution in [3.8, 4) is 123 Å². The Morgan fingerprint density at radius 1 is 0.244 bits per heavy atom. The average molecular weight is 2350 g/mol. The molecule has 13 aromatic carbocycles. The van der Waals surface area contributed by atoms with E-state index in [0.29, 0.717) is 0 Å². The van der Waals surface area contributed by atoms with Crippen molar-refractivity contribution in [1.29, 1.82) is 0 Å². The first-order valence-electron chi connectivity index (χ1n) is 40.1. The van der Waals surface area contributed by atoms with Crippen LogP contribution in [0.1, 0.15) is 13.8 Å². The molecule has 630 valence electrons. The Balaban J connectivity index is 0.000000165. The fourth-order valence-electron chi connectivity index (χ4n) is 12.6. The summed E-state index contributed by atoms with van der Waals surface area (Å²) >= 11 is 0. The number of hydrogen-bond donors (Lipinski definition) is 1. The first-order valence-corrected chi connectivity index (χ1v) is 40.1. The number of hydrogen-bond acceptors (Lipinski definition) is 9. The minimum absolute atomic E-state index is 0. The molecular weight excluding hydrogens is 2270 g/mol. The van der Waals surface area contributed by atoms with Gasteiger partial charge >= 0.3 is 0 Å². The molecule has 0 aliphatic heterocycles. The van der Waals surface area contributed by atoms with Crippen molar-refractivity contribution in [3.63, 3.8) is 0 Å². The molecule has 0 aliphatic rings. The SMILES string of the molecule is CC(=O)C=C(C)O.[Ir].[Ir].[Ir].[Ir].[c-]1ccccc1-c1ccc(-c2ccccc2)cn1.[c-]1ccccc1-c1ccc(-c2ccccc2)cn1.[c-]1ccccc1-c1ccc(-c2ccccc2)cn1.[c-]1ccccc1-c1ccc(-c2ccccc2)cn1.[c-]1ccccc1-c1ccc2ccccc2n1.[c-]1ccccc1-c1ccccn1.[c-]1ccccc1-c1nccc2ccccc12. The molecule has 0 saturated heterocycles.